The van der Waals surface area contributed by atoms with Crippen LogP contribution in [0.5, 0.6) is 0 Å². The summed E-state index contributed by atoms with van der Waals surface area (Å²) in [7, 11) is 1.80. The highest BCUT2D eigenvalue weighted by atomic mass is 32.1. The molecule has 0 aliphatic carbocycles. The molecule has 0 unspecified atom stereocenters. The summed E-state index contributed by atoms with van der Waals surface area (Å²) in [5.74, 6) is -0.222. The maximum Gasteiger partial charge on any atom is 0.278 e. The summed E-state index contributed by atoms with van der Waals surface area (Å²) in [6.45, 7) is 6.00. The first-order valence-electron chi connectivity index (χ1n) is 6.63. The second kappa shape index (κ2) is 4.96. The van der Waals surface area contributed by atoms with Crippen LogP contribution in [0.1, 0.15) is 27.2 Å². The first-order valence-corrected chi connectivity index (χ1v) is 7.45. The SMILES string of the molecule is Cc1cc2nc(NC(=O)c3nn(C)cc3C)sc2cc1C. The molecule has 6 heteroatoms. The van der Waals surface area contributed by atoms with Gasteiger partial charge in [0, 0.05) is 18.8 Å². The molecule has 1 N–H and O–H groups in total. The summed E-state index contributed by atoms with van der Waals surface area (Å²) in [6.07, 6.45) is 1.82. The fraction of sp³-hybridized carbons (Fsp3) is 0.267. The quantitative estimate of drug-likeness (QED) is 0.790. The van der Waals surface area contributed by atoms with Crippen molar-refractivity contribution in [1.29, 1.82) is 0 Å². The van der Waals surface area contributed by atoms with E-state index in [-0.39, 0.29) is 5.91 Å². The van der Waals surface area contributed by atoms with Crippen LogP contribution < -0.4 is 5.32 Å². The molecule has 0 saturated carbocycles. The van der Waals surface area contributed by atoms with Crippen LogP contribution in [0.4, 0.5) is 5.13 Å². The zero-order chi connectivity index (χ0) is 15.1. The molecule has 108 valence electrons. The molecular weight excluding hydrogens is 284 g/mol. The average molecular weight is 300 g/mol. The minimum absolute atomic E-state index is 0.222. The van der Waals surface area contributed by atoms with Gasteiger partial charge in [0.15, 0.2) is 10.8 Å². The van der Waals surface area contributed by atoms with E-state index in [0.717, 1.165) is 15.8 Å². The van der Waals surface area contributed by atoms with E-state index >= 15 is 0 Å². The van der Waals surface area contributed by atoms with Crippen molar-refractivity contribution in [3.8, 4) is 0 Å². The number of hydrogen-bond donors (Lipinski definition) is 1. The van der Waals surface area contributed by atoms with Gasteiger partial charge in [-0.2, -0.15) is 5.10 Å². The fourth-order valence-corrected chi connectivity index (χ4v) is 3.16. The highest BCUT2D eigenvalue weighted by Gasteiger charge is 2.15. The molecule has 3 rings (SSSR count). The molecule has 1 aromatic carbocycles. The number of anilines is 1. The average Bonchev–Trinajstić information content (AvgIpc) is 2.92. The van der Waals surface area contributed by atoms with Crippen molar-refractivity contribution in [3.05, 3.63) is 40.7 Å². The lowest BCUT2D eigenvalue weighted by atomic mass is 10.1. The third-order valence-corrected chi connectivity index (χ3v) is 4.38. The summed E-state index contributed by atoms with van der Waals surface area (Å²) >= 11 is 1.48. The molecule has 0 aliphatic heterocycles. The van der Waals surface area contributed by atoms with Crippen LogP contribution in [0.3, 0.4) is 0 Å². The van der Waals surface area contributed by atoms with E-state index in [0.29, 0.717) is 10.8 Å². The van der Waals surface area contributed by atoms with Gasteiger partial charge in [0.25, 0.3) is 5.91 Å². The molecule has 2 heterocycles. The van der Waals surface area contributed by atoms with Crippen molar-refractivity contribution in [2.45, 2.75) is 20.8 Å². The molecule has 0 spiro atoms. The molecule has 1 amide bonds. The van der Waals surface area contributed by atoms with Gasteiger partial charge in [0.2, 0.25) is 0 Å². The van der Waals surface area contributed by atoms with Gasteiger partial charge in [0.05, 0.1) is 10.2 Å². The van der Waals surface area contributed by atoms with Gasteiger partial charge in [-0.1, -0.05) is 11.3 Å². The van der Waals surface area contributed by atoms with Crippen molar-refractivity contribution < 1.29 is 4.79 Å². The summed E-state index contributed by atoms with van der Waals surface area (Å²) in [4.78, 5) is 16.7. The van der Waals surface area contributed by atoms with Crippen LogP contribution >= 0.6 is 11.3 Å². The Kier molecular flexibility index (Phi) is 3.25. The zero-order valence-electron chi connectivity index (χ0n) is 12.4. The van der Waals surface area contributed by atoms with Crippen molar-refractivity contribution in [2.75, 3.05) is 5.32 Å². The maximum absolute atomic E-state index is 12.2. The molecule has 0 atom stereocenters. The zero-order valence-corrected chi connectivity index (χ0v) is 13.2. The van der Waals surface area contributed by atoms with Crippen LogP contribution in [0.25, 0.3) is 10.2 Å². The summed E-state index contributed by atoms with van der Waals surface area (Å²) in [6, 6.07) is 4.15. The summed E-state index contributed by atoms with van der Waals surface area (Å²) in [5, 5.41) is 7.61. The van der Waals surface area contributed by atoms with Crippen molar-refractivity contribution in [3.63, 3.8) is 0 Å². The van der Waals surface area contributed by atoms with E-state index in [9.17, 15) is 4.79 Å². The number of aromatic nitrogens is 3. The van der Waals surface area contributed by atoms with Gasteiger partial charge in [-0.25, -0.2) is 4.98 Å². The normalized spacial score (nSPS) is 11.0. The number of carbonyl (C=O) groups excluding carboxylic acids is 1. The van der Waals surface area contributed by atoms with E-state index < -0.39 is 0 Å². The van der Waals surface area contributed by atoms with E-state index in [4.69, 9.17) is 0 Å². The van der Waals surface area contributed by atoms with Crippen molar-refractivity contribution in [1.82, 2.24) is 14.8 Å². The third kappa shape index (κ3) is 2.54. The van der Waals surface area contributed by atoms with Crippen LogP contribution in [-0.2, 0) is 7.05 Å². The monoisotopic (exact) mass is 300 g/mol. The number of amides is 1. The van der Waals surface area contributed by atoms with Crippen LogP contribution in [-0.4, -0.2) is 20.7 Å². The predicted molar refractivity (Wildman–Crippen MR) is 85.0 cm³/mol. The number of fused-ring (bicyclic) bond motifs is 1. The Labute approximate surface area is 126 Å². The number of thiazole rings is 1. The van der Waals surface area contributed by atoms with E-state index in [1.54, 1.807) is 11.7 Å². The Bertz CT molecular complexity index is 808. The topological polar surface area (TPSA) is 59.8 Å². The molecule has 3 aromatic rings. The molecular formula is C15H16N4OS. The third-order valence-electron chi connectivity index (χ3n) is 3.45. The number of carbonyl (C=O) groups is 1. The molecule has 0 fully saturated rings. The van der Waals surface area contributed by atoms with Crippen molar-refractivity contribution >= 4 is 32.6 Å². The number of hydrogen-bond acceptors (Lipinski definition) is 4. The van der Waals surface area contributed by atoms with Gasteiger partial charge < -0.3 is 0 Å². The number of benzene rings is 1. The minimum atomic E-state index is -0.222. The van der Waals surface area contributed by atoms with Gasteiger partial charge in [-0.05, 0) is 44.0 Å². The van der Waals surface area contributed by atoms with E-state index in [1.165, 1.54) is 22.5 Å². The Morgan fingerprint density at radius 1 is 1.19 bits per heavy atom. The highest BCUT2D eigenvalue weighted by Crippen LogP contribution is 2.28. The first kappa shape index (κ1) is 13.8. The maximum atomic E-state index is 12.2. The fourth-order valence-electron chi connectivity index (χ4n) is 2.22. The van der Waals surface area contributed by atoms with Gasteiger partial charge in [0.1, 0.15) is 0 Å². The van der Waals surface area contributed by atoms with Crippen molar-refractivity contribution in [2.24, 2.45) is 7.05 Å². The number of rotatable bonds is 2. The van der Waals surface area contributed by atoms with E-state index in [1.807, 2.05) is 19.2 Å². The summed E-state index contributed by atoms with van der Waals surface area (Å²) < 4.78 is 2.71. The second-order valence-corrected chi connectivity index (χ2v) is 6.24. The minimum Gasteiger partial charge on any atom is -0.296 e. The van der Waals surface area contributed by atoms with Crippen LogP contribution in [0, 0.1) is 20.8 Å². The lowest BCUT2D eigenvalue weighted by Gasteiger charge is -1.98. The smallest absolute Gasteiger partial charge is 0.278 e. The Balaban J connectivity index is 1.91. The molecule has 0 aliphatic rings. The first-order chi connectivity index (χ1) is 9.94. The summed E-state index contributed by atoms with van der Waals surface area (Å²) in [5.41, 5.74) is 4.62. The number of nitrogens with one attached hydrogen (secondary N) is 1. The molecule has 5 nitrogen and oxygen atoms in total. The number of aryl methyl sites for hydroxylation is 4. The van der Waals surface area contributed by atoms with Gasteiger partial charge in [-0.15, -0.1) is 0 Å². The Hall–Kier alpha value is -2.21. The highest BCUT2D eigenvalue weighted by molar-refractivity contribution is 7.22. The molecule has 21 heavy (non-hydrogen) atoms. The standard InChI is InChI=1S/C15H16N4OS/c1-8-5-11-12(6-9(8)2)21-15(16-11)17-14(20)13-10(3)7-19(4)18-13/h5-7H,1-4H3,(H,16,17,20). The van der Waals surface area contributed by atoms with Crippen LogP contribution in [0.2, 0.25) is 0 Å². The molecule has 0 saturated heterocycles. The van der Waals surface area contributed by atoms with Gasteiger partial charge in [-0.3, -0.25) is 14.8 Å². The van der Waals surface area contributed by atoms with E-state index in [2.05, 4.69) is 35.3 Å². The molecule has 0 radical (unpaired) electrons. The predicted octanol–water partition coefficient (Wildman–Crippen LogP) is 3.21. The van der Waals surface area contributed by atoms with Gasteiger partial charge >= 0.3 is 0 Å². The lowest BCUT2D eigenvalue weighted by molar-refractivity contribution is 0.102. The largest absolute Gasteiger partial charge is 0.296 e. The molecule has 0 bridgehead atoms. The van der Waals surface area contributed by atoms with Crippen LogP contribution in [0.15, 0.2) is 18.3 Å². The Morgan fingerprint density at radius 3 is 2.57 bits per heavy atom. The number of nitrogens with zero attached hydrogens (tertiary/aromatic N) is 3. The second-order valence-electron chi connectivity index (χ2n) is 5.21. The Morgan fingerprint density at radius 2 is 1.90 bits per heavy atom. The molecule has 2 aromatic heterocycles. The lowest BCUT2D eigenvalue weighted by Crippen LogP contribution is -2.13.